The maximum Gasteiger partial charge on any atom is 0.163 e. The van der Waals surface area contributed by atoms with Crippen LogP contribution in [0.4, 0.5) is 8.78 Å². The average molecular weight is 285 g/mol. The molecule has 1 unspecified atom stereocenters. The quantitative estimate of drug-likeness (QED) is 0.836. The van der Waals surface area contributed by atoms with Crippen LogP contribution in [-0.2, 0) is 0 Å². The van der Waals surface area contributed by atoms with E-state index < -0.39 is 11.6 Å². The van der Waals surface area contributed by atoms with Gasteiger partial charge in [-0.15, -0.1) is 0 Å². The molecule has 1 aromatic rings. The monoisotopic (exact) mass is 285 g/mol. The standard InChI is InChI=1S/C15H21F2NS/c1-2-18-14(10-19-11-6-3-4-7-11)12-8-5-9-13(16)15(12)17/h5,8-9,11,14,18H,2-4,6-7,10H2,1H3. The van der Waals surface area contributed by atoms with Crippen molar-refractivity contribution in [3.05, 3.63) is 35.4 Å². The molecular weight excluding hydrogens is 264 g/mol. The Labute approximate surface area is 118 Å². The zero-order chi connectivity index (χ0) is 13.7. The Bertz CT molecular complexity index is 405. The number of benzene rings is 1. The molecule has 1 aliphatic rings. The van der Waals surface area contributed by atoms with E-state index in [2.05, 4.69) is 5.32 Å². The summed E-state index contributed by atoms with van der Waals surface area (Å²) in [6, 6.07) is 4.33. The summed E-state index contributed by atoms with van der Waals surface area (Å²) in [4.78, 5) is 0. The lowest BCUT2D eigenvalue weighted by atomic mass is 10.1. The van der Waals surface area contributed by atoms with Gasteiger partial charge >= 0.3 is 0 Å². The summed E-state index contributed by atoms with van der Waals surface area (Å²) in [6.07, 6.45) is 5.13. The molecule has 4 heteroatoms. The highest BCUT2D eigenvalue weighted by Gasteiger charge is 2.21. The van der Waals surface area contributed by atoms with Crippen molar-refractivity contribution in [3.8, 4) is 0 Å². The lowest BCUT2D eigenvalue weighted by Crippen LogP contribution is -2.25. The van der Waals surface area contributed by atoms with Crippen molar-refractivity contribution in [2.45, 2.75) is 43.9 Å². The first kappa shape index (κ1) is 14.8. The topological polar surface area (TPSA) is 12.0 Å². The molecule has 1 aliphatic carbocycles. The van der Waals surface area contributed by atoms with Crippen molar-refractivity contribution in [3.63, 3.8) is 0 Å². The zero-order valence-corrected chi connectivity index (χ0v) is 12.1. The van der Waals surface area contributed by atoms with Crippen LogP contribution in [0.1, 0.15) is 44.2 Å². The Kier molecular flexibility index (Phi) is 5.64. The third-order valence-corrected chi connectivity index (χ3v) is 5.08. The molecule has 0 aromatic heterocycles. The van der Waals surface area contributed by atoms with Crippen LogP contribution in [0.2, 0.25) is 0 Å². The van der Waals surface area contributed by atoms with Crippen LogP contribution in [0.15, 0.2) is 18.2 Å². The first-order chi connectivity index (χ1) is 9.22. The maximum atomic E-state index is 13.9. The number of halogens is 2. The number of hydrogen-bond acceptors (Lipinski definition) is 2. The van der Waals surface area contributed by atoms with Gasteiger partial charge in [0.25, 0.3) is 0 Å². The summed E-state index contributed by atoms with van der Waals surface area (Å²) in [5.74, 6) is -0.662. The van der Waals surface area contributed by atoms with Crippen LogP contribution >= 0.6 is 11.8 Å². The summed E-state index contributed by atoms with van der Waals surface area (Å²) < 4.78 is 27.2. The van der Waals surface area contributed by atoms with Gasteiger partial charge in [0.2, 0.25) is 0 Å². The summed E-state index contributed by atoms with van der Waals surface area (Å²) >= 11 is 1.89. The van der Waals surface area contributed by atoms with E-state index in [0.717, 1.165) is 12.3 Å². The van der Waals surface area contributed by atoms with Crippen LogP contribution in [0.3, 0.4) is 0 Å². The molecule has 0 saturated heterocycles. The number of rotatable bonds is 6. The van der Waals surface area contributed by atoms with Gasteiger partial charge in [0.05, 0.1) is 0 Å². The second-order valence-corrected chi connectivity index (χ2v) is 6.33. The van der Waals surface area contributed by atoms with Gasteiger partial charge in [-0.2, -0.15) is 11.8 Å². The van der Waals surface area contributed by atoms with E-state index in [9.17, 15) is 8.78 Å². The Morgan fingerprint density at radius 2 is 2.05 bits per heavy atom. The molecule has 1 N–H and O–H groups in total. The average Bonchev–Trinajstić information content (AvgIpc) is 2.91. The fourth-order valence-electron chi connectivity index (χ4n) is 2.58. The first-order valence-electron chi connectivity index (χ1n) is 7.01. The van der Waals surface area contributed by atoms with E-state index in [4.69, 9.17) is 0 Å². The smallest absolute Gasteiger partial charge is 0.163 e. The number of nitrogens with one attached hydrogen (secondary N) is 1. The van der Waals surface area contributed by atoms with Crippen LogP contribution in [-0.4, -0.2) is 17.5 Å². The fraction of sp³-hybridized carbons (Fsp3) is 0.600. The van der Waals surface area contributed by atoms with E-state index in [1.165, 1.54) is 31.7 Å². The van der Waals surface area contributed by atoms with Crippen LogP contribution in [0, 0.1) is 11.6 Å². The Hall–Kier alpha value is -0.610. The van der Waals surface area contributed by atoms with Gasteiger partial charge < -0.3 is 5.32 Å². The van der Waals surface area contributed by atoms with Gasteiger partial charge in [0.1, 0.15) is 0 Å². The van der Waals surface area contributed by atoms with Crippen LogP contribution in [0.5, 0.6) is 0 Å². The van der Waals surface area contributed by atoms with E-state index in [1.807, 2.05) is 18.7 Å². The lowest BCUT2D eigenvalue weighted by Gasteiger charge is -2.20. The molecule has 0 radical (unpaired) electrons. The summed E-state index contributed by atoms with van der Waals surface area (Å²) in [7, 11) is 0. The van der Waals surface area contributed by atoms with E-state index in [-0.39, 0.29) is 6.04 Å². The van der Waals surface area contributed by atoms with E-state index in [1.54, 1.807) is 12.1 Å². The summed E-state index contributed by atoms with van der Waals surface area (Å²) in [5.41, 5.74) is 0.451. The molecule has 2 rings (SSSR count). The Balaban J connectivity index is 2.03. The van der Waals surface area contributed by atoms with Crippen molar-refractivity contribution in [1.29, 1.82) is 0 Å². The van der Waals surface area contributed by atoms with Crippen molar-refractivity contribution in [2.75, 3.05) is 12.3 Å². The molecule has 0 amide bonds. The third-order valence-electron chi connectivity index (χ3n) is 3.61. The lowest BCUT2D eigenvalue weighted by molar-refractivity contribution is 0.478. The minimum Gasteiger partial charge on any atom is -0.309 e. The van der Waals surface area contributed by atoms with E-state index >= 15 is 0 Å². The molecule has 1 atom stereocenters. The molecule has 0 heterocycles. The first-order valence-corrected chi connectivity index (χ1v) is 8.06. The minimum atomic E-state index is -0.758. The van der Waals surface area contributed by atoms with Crippen molar-refractivity contribution in [1.82, 2.24) is 5.32 Å². The van der Waals surface area contributed by atoms with Gasteiger partial charge in [0.15, 0.2) is 11.6 Å². The molecule has 1 nitrogen and oxygen atoms in total. The highest BCUT2D eigenvalue weighted by molar-refractivity contribution is 7.99. The molecule has 0 bridgehead atoms. The van der Waals surface area contributed by atoms with E-state index in [0.29, 0.717) is 10.8 Å². The molecule has 19 heavy (non-hydrogen) atoms. The molecule has 1 fully saturated rings. The third kappa shape index (κ3) is 3.93. The Morgan fingerprint density at radius 3 is 2.74 bits per heavy atom. The molecule has 1 saturated carbocycles. The number of hydrogen-bond donors (Lipinski definition) is 1. The molecular formula is C15H21F2NS. The Morgan fingerprint density at radius 1 is 1.32 bits per heavy atom. The van der Waals surface area contributed by atoms with Crippen molar-refractivity contribution in [2.24, 2.45) is 0 Å². The van der Waals surface area contributed by atoms with Crippen LogP contribution in [0.25, 0.3) is 0 Å². The zero-order valence-electron chi connectivity index (χ0n) is 11.3. The summed E-state index contributed by atoms with van der Waals surface area (Å²) in [5, 5.41) is 3.96. The SMILES string of the molecule is CCNC(CSC1CCCC1)c1cccc(F)c1F. The van der Waals surface area contributed by atoms with Crippen molar-refractivity contribution < 1.29 is 8.78 Å². The molecule has 1 aromatic carbocycles. The van der Waals surface area contributed by atoms with Gasteiger partial charge in [-0.3, -0.25) is 0 Å². The van der Waals surface area contributed by atoms with Crippen LogP contribution < -0.4 is 5.32 Å². The van der Waals surface area contributed by atoms with Gasteiger partial charge in [-0.25, -0.2) is 8.78 Å². The molecule has 0 aliphatic heterocycles. The normalized spacial score (nSPS) is 17.8. The summed E-state index contributed by atoms with van der Waals surface area (Å²) in [6.45, 7) is 2.75. The predicted octanol–water partition coefficient (Wildman–Crippen LogP) is 4.29. The largest absolute Gasteiger partial charge is 0.309 e. The van der Waals surface area contributed by atoms with Gasteiger partial charge in [0, 0.05) is 22.6 Å². The second-order valence-electron chi connectivity index (χ2n) is 4.99. The number of thioether (sulfide) groups is 1. The minimum absolute atomic E-state index is 0.105. The van der Waals surface area contributed by atoms with Crippen molar-refractivity contribution >= 4 is 11.8 Å². The predicted molar refractivity (Wildman–Crippen MR) is 77.5 cm³/mol. The molecule has 106 valence electrons. The maximum absolute atomic E-state index is 13.9. The van der Waals surface area contributed by atoms with Gasteiger partial charge in [-0.1, -0.05) is 31.9 Å². The van der Waals surface area contributed by atoms with Gasteiger partial charge in [-0.05, 0) is 25.5 Å². The highest BCUT2D eigenvalue weighted by Crippen LogP contribution is 2.32. The fourth-order valence-corrected chi connectivity index (χ4v) is 4.01. The highest BCUT2D eigenvalue weighted by atomic mass is 32.2. The second kappa shape index (κ2) is 7.25. The molecule has 0 spiro atoms.